The van der Waals surface area contributed by atoms with E-state index in [2.05, 4.69) is 0 Å². The molecule has 156 valence electrons. The third kappa shape index (κ3) is 5.50. The Balaban J connectivity index is 1.82. The summed E-state index contributed by atoms with van der Waals surface area (Å²) in [6.07, 6.45) is -1.81. The van der Waals surface area contributed by atoms with Crippen LogP contribution in [-0.4, -0.2) is 29.3 Å². The molecule has 0 aromatic heterocycles. The number of hydrogen-bond donors (Lipinski definition) is 1. The Bertz CT molecular complexity index is 856. The lowest BCUT2D eigenvalue weighted by Gasteiger charge is -2.26. The molecule has 0 amide bonds. The van der Waals surface area contributed by atoms with Crippen molar-refractivity contribution in [1.82, 2.24) is 0 Å². The molecule has 2 aromatic carbocycles. The molecule has 1 heterocycles. The minimum atomic E-state index is -1.06. The van der Waals surface area contributed by atoms with Gasteiger partial charge in [-0.15, -0.1) is 0 Å². The maximum Gasteiger partial charge on any atom is 0.338 e. The van der Waals surface area contributed by atoms with E-state index >= 15 is 0 Å². The normalized spacial score (nSPS) is 22.8. The van der Waals surface area contributed by atoms with Crippen LogP contribution in [0.25, 0.3) is 0 Å². The SMILES string of the molecule is CC(CC(OC(=O)c1ccccc1)c1ccc(Cl)c(Cl)c1)C1OC(C)(C)OC1O. The lowest BCUT2D eigenvalue weighted by molar-refractivity contribution is -0.175. The van der Waals surface area contributed by atoms with Crippen molar-refractivity contribution < 1.29 is 24.1 Å². The zero-order chi connectivity index (χ0) is 21.2. The summed E-state index contributed by atoms with van der Waals surface area (Å²) in [7, 11) is 0. The zero-order valence-corrected chi connectivity index (χ0v) is 18.0. The first-order chi connectivity index (χ1) is 13.7. The van der Waals surface area contributed by atoms with Gasteiger partial charge in [0.05, 0.1) is 15.6 Å². The Morgan fingerprint density at radius 3 is 2.41 bits per heavy atom. The molecule has 1 N–H and O–H groups in total. The fourth-order valence-electron chi connectivity index (χ4n) is 3.38. The van der Waals surface area contributed by atoms with Crippen LogP contribution >= 0.6 is 23.2 Å². The summed E-state index contributed by atoms with van der Waals surface area (Å²) in [4.78, 5) is 12.7. The lowest BCUT2D eigenvalue weighted by Crippen LogP contribution is -2.31. The van der Waals surface area contributed by atoms with Crippen LogP contribution in [0.5, 0.6) is 0 Å². The largest absolute Gasteiger partial charge is 0.454 e. The third-order valence-corrected chi connectivity index (χ3v) is 5.57. The molecule has 1 fully saturated rings. The second kappa shape index (κ2) is 9.02. The number of benzene rings is 2. The van der Waals surface area contributed by atoms with Crippen LogP contribution in [-0.2, 0) is 14.2 Å². The Labute approximate surface area is 180 Å². The van der Waals surface area contributed by atoms with E-state index in [1.165, 1.54) is 0 Å². The minimum absolute atomic E-state index is 0.171. The topological polar surface area (TPSA) is 65.0 Å². The first-order valence-electron chi connectivity index (χ1n) is 9.41. The number of esters is 1. The molecule has 0 radical (unpaired) electrons. The molecule has 1 saturated heterocycles. The number of ether oxygens (including phenoxy) is 3. The van der Waals surface area contributed by atoms with Gasteiger partial charge in [0.1, 0.15) is 12.2 Å². The van der Waals surface area contributed by atoms with Crippen LogP contribution in [0.2, 0.25) is 10.0 Å². The fourth-order valence-corrected chi connectivity index (χ4v) is 3.68. The number of carbonyl (C=O) groups is 1. The average Bonchev–Trinajstić information content (AvgIpc) is 2.96. The van der Waals surface area contributed by atoms with Crippen molar-refractivity contribution in [3.8, 4) is 0 Å². The van der Waals surface area contributed by atoms with Gasteiger partial charge in [0, 0.05) is 0 Å². The molecule has 1 aliphatic rings. The molecule has 0 spiro atoms. The number of aliphatic hydroxyl groups excluding tert-OH is 1. The smallest absolute Gasteiger partial charge is 0.338 e. The Morgan fingerprint density at radius 2 is 1.83 bits per heavy atom. The van der Waals surface area contributed by atoms with Gasteiger partial charge in [-0.2, -0.15) is 0 Å². The molecule has 0 aliphatic carbocycles. The zero-order valence-electron chi connectivity index (χ0n) is 16.5. The van der Waals surface area contributed by atoms with Gasteiger partial charge in [-0.1, -0.05) is 54.4 Å². The van der Waals surface area contributed by atoms with Gasteiger partial charge in [-0.25, -0.2) is 4.79 Å². The van der Waals surface area contributed by atoms with Crippen molar-refractivity contribution in [2.45, 2.75) is 51.5 Å². The van der Waals surface area contributed by atoms with Crippen LogP contribution in [0.15, 0.2) is 48.5 Å². The second-order valence-corrected chi connectivity index (χ2v) is 8.45. The molecular weight excluding hydrogens is 415 g/mol. The van der Waals surface area contributed by atoms with E-state index in [9.17, 15) is 9.90 Å². The molecule has 0 saturated carbocycles. The molecule has 29 heavy (non-hydrogen) atoms. The Hall–Kier alpha value is -1.63. The van der Waals surface area contributed by atoms with Crippen molar-refractivity contribution in [3.05, 3.63) is 69.7 Å². The molecular formula is C22H24Cl2O5. The Morgan fingerprint density at radius 1 is 1.14 bits per heavy atom. The van der Waals surface area contributed by atoms with Gasteiger partial charge in [-0.3, -0.25) is 0 Å². The molecule has 3 rings (SSSR count). The van der Waals surface area contributed by atoms with Crippen molar-refractivity contribution in [3.63, 3.8) is 0 Å². The number of aliphatic hydroxyl groups is 1. The maximum absolute atomic E-state index is 12.7. The van der Waals surface area contributed by atoms with Crippen LogP contribution in [0.1, 0.15) is 49.2 Å². The van der Waals surface area contributed by atoms with Crippen LogP contribution in [0.4, 0.5) is 0 Å². The molecule has 2 aromatic rings. The predicted octanol–water partition coefficient (Wildman–Crippen LogP) is 5.39. The quantitative estimate of drug-likeness (QED) is 0.612. The first-order valence-corrected chi connectivity index (χ1v) is 10.2. The maximum atomic E-state index is 12.7. The average molecular weight is 439 g/mol. The van der Waals surface area contributed by atoms with Gasteiger partial charge in [0.25, 0.3) is 0 Å². The highest BCUT2D eigenvalue weighted by atomic mass is 35.5. The van der Waals surface area contributed by atoms with E-state index in [1.807, 2.05) is 13.0 Å². The van der Waals surface area contributed by atoms with Crippen molar-refractivity contribution >= 4 is 29.2 Å². The highest BCUT2D eigenvalue weighted by Crippen LogP contribution is 2.37. The van der Waals surface area contributed by atoms with Gasteiger partial charge >= 0.3 is 5.97 Å². The van der Waals surface area contributed by atoms with Gasteiger partial charge in [0.2, 0.25) is 0 Å². The molecule has 1 aliphatic heterocycles. The number of rotatable bonds is 6. The summed E-state index contributed by atoms with van der Waals surface area (Å²) in [5.74, 6) is -1.49. The summed E-state index contributed by atoms with van der Waals surface area (Å²) in [5, 5.41) is 11.0. The summed E-state index contributed by atoms with van der Waals surface area (Å²) in [6.45, 7) is 5.41. The molecule has 4 unspecified atom stereocenters. The number of hydrogen-bond acceptors (Lipinski definition) is 5. The second-order valence-electron chi connectivity index (χ2n) is 7.64. The van der Waals surface area contributed by atoms with E-state index in [-0.39, 0.29) is 5.92 Å². The predicted molar refractivity (Wildman–Crippen MR) is 111 cm³/mol. The number of halogens is 2. The summed E-state index contributed by atoms with van der Waals surface area (Å²) < 4.78 is 17.1. The fraction of sp³-hybridized carbons (Fsp3) is 0.409. The van der Waals surface area contributed by atoms with Crippen LogP contribution in [0, 0.1) is 5.92 Å². The minimum Gasteiger partial charge on any atom is -0.454 e. The van der Waals surface area contributed by atoms with Crippen molar-refractivity contribution in [2.24, 2.45) is 5.92 Å². The standard InChI is InChI=1S/C22H24Cl2O5/c1-13(19-21(26)29-22(2,3)28-19)11-18(15-9-10-16(23)17(24)12-15)27-20(25)14-7-5-4-6-8-14/h4-10,12-13,18-19,21,26H,11H2,1-3H3. The van der Waals surface area contributed by atoms with E-state index in [0.717, 1.165) is 0 Å². The highest BCUT2D eigenvalue weighted by Gasteiger charge is 2.43. The number of carbonyl (C=O) groups excluding carboxylic acids is 1. The Kier molecular flexibility index (Phi) is 6.87. The van der Waals surface area contributed by atoms with E-state index < -0.39 is 30.3 Å². The lowest BCUT2D eigenvalue weighted by atomic mass is 9.93. The van der Waals surface area contributed by atoms with E-state index in [4.69, 9.17) is 37.4 Å². The summed E-state index contributed by atoms with van der Waals surface area (Å²) in [6, 6.07) is 13.9. The molecule has 5 nitrogen and oxygen atoms in total. The molecule has 4 atom stereocenters. The highest BCUT2D eigenvalue weighted by molar-refractivity contribution is 6.42. The van der Waals surface area contributed by atoms with E-state index in [0.29, 0.717) is 27.6 Å². The third-order valence-electron chi connectivity index (χ3n) is 4.83. The van der Waals surface area contributed by atoms with Crippen molar-refractivity contribution in [2.75, 3.05) is 0 Å². The summed E-state index contributed by atoms with van der Waals surface area (Å²) in [5.41, 5.74) is 1.16. The van der Waals surface area contributed by atoms with Crippen LogP contribution < -0.4 is 0 Å². The molecule has 0 bridgehead atoms. The first kappa shape index (κ1) is 22.1. The van der Waals surface area contributed by atoms with E-state index in [1.54, 1.807) is 56.3 Å². The van der Waals surface area contributed by atoms with Crippen molar-refractivity contribution in [1.29, 1.82) is 0 Å². The van der Waals surface area contributed by atoms with Gasteiger partial charge in [0.15, 0.2) is 12.1 Å². The van der Waals surface area contributed by atoms with Gasteiger partial charge < -0.3 is 19.3 Å². The van der Waals surface area contributed by atoms with Gasteiger partial charge in [-0.05, 0) is 56.0 Å². The summed E-state index contributed by atoms with van der Waals surface area (Å²) >= 11 is 12.2. The molecule has 7 heteroatoms. The monoisotopic (exact) mass is 438 g/mol. The van der Waals surface area contributed by atoms with Crippen LogP contribution in [0.3, 0.4) is 0 Å².